The fraction of sp³-hybridized carbons (Fsp3) is 0.333. The van der Waals surface area contributed by atoms with Crippen LogP contribution in [0.25, 0.3) is 0 Å². The van der Waals surface area contributed by atoms with Gasteiger partial charge in [0.25, 0.3) is 5.91 Å². The molecule has 19 heavy (non-hydrogen) atoms. The molecule has 0 saturated heterocycles. The van der Waals surface area contributed by atoms with E-state index in [0.717, 1.165) is 0 Å². The number of amides is 1. The van der Waals surface area contributed by atoms with Gasteiger partial charge in [0.1, 0.15) is 25.2 Å². The lowest BCUT2D eigenvalue weighted by Crippen LogP contribution is -2.29. The summed E-state index contributed by atoms with van der Waals surface area (Å²) in [7, 11) is 0. The molecule has 7 heteroatoms. The summed E-state index contributed by atoms with van der Waals surface area (Å²) < 4.78 is 19.7. The Morgan fingerprint density at radius 2 is 2.26 bits per heavy atom. The van der Waals surface area contributed by atoms with Crippen molar-refractivity contribution in [3.63, 3.8) is 0 Å². The SMILES string of the molecule is O=C(COC(=O)C1=COCCO1)NCc1ccco1. The third-order valence-electron chi connectivity index (χ3n) is 2.22. The molecule has 102 valence electrons. The van der Waals surface area contributed by atoms with Crippen LogP contribution in [0.5, 0.6) is 0 Å². The highest BCUT2D eigenvalue weighted by Gasteiger charge is 2.17. The molecule has 0 unspecified atom stereocenters. The van der Waals surface area contributed by atoms with Crippen molar-refractivity contribution in [2.45, 2.75) is 6.54 Å². The molecule has 2 heterocycles. The van der Waals surface area contributed by atoms with Gasteiger partial charge in [-0.1, -0.05) is 0 Å². The maximum Gasteiger partial charge on any atom is 0.377 e. The standard InChI is InChI=1S/C12H13NO6/c14-11(13-6-9-2-1-3-17-9)8-19-12(15)10-7-16-4-5-18-10/h1-3,7H,4-6,8H2,(H,13,14). The number of nitrogens with one attached hydrogen (secondary N) is 1. The topological polar surface area (TPSA) is 87.0 Å². The monoisotopic (exact) mass is 267 g/mol. The normalized spacial score (nSPS) is 13.8. The third kappa shape index (κ3) is 4.06. The first-order chi connectivity index (χ1) is 9.25. The van der Waals surface area contributed by atoms with Gasteiger partial charge in [-0.05, 0) is 12.1 Å². The van der Waals surface area contributed by atoms with E-state index in [2.05, 4.69) is 5.32 Å². The molecule has 1 aliphatic heterocycles. The number of esters is 1. The zero-order valence-electron chi connectivity index (χ0n) is 10.1. The van der Waals surface area contributed by atoms with E-state index in [0.29, 0.717) is 12.4 Å². The molecule has 0 spiro atoms. The summed E-state index contributed by atoms with van der Waals surface area (Å²) in [6.45, 7) is 0.526. The summed E-state index contributed by atoms with van der Waals surface area (Å²) in [4.78, 5) is 22.8. The Morgan fingerprint density at radius 3 is 2.95 bits per heavy atom. The van der Waals surface area contributed by atoms with Crippen molar-refractivity contribution in [2.75, 3.05) is 19.8 Å². The molecular weight excluding hydrogens is 254 g/mol. The second-order valence-corrected chi connectivity index (χ2v) is 3.63. The smallest absolute Gasteiger partial charge is 0.377 e. The number of carbonyl (C=O) groups excluding carboxylic acids is 2. The zero-order valence-corrected chi connectivity index (χ0v) is 10.1. The molecule has 0 saturated carbocycles. The highest BCUT2D eigenvalue weighted by atomic mass is 16.6. The summed E-state index contributed by atoms with van der Waals surface area (Å²) in [6, 6.07) is 3.44. The van der Waals surface area contributed by atoms with Crippen molar-refractivity contribution < 1.29 is 28.2 Å². The Hall–Kier alpha value is -2.44. The van der Waals surface area contributed by atoms with E-state index >= 15 is 0 Å². The number of hydrogen-bond donors (Lipinski definition) is 1. The third-order valence-corrected chi connectivity index (χ3v) is 2.22. The number of rotatable bonds is 5. The number of carbonyl (C=O) groups is 2. The highest BCUT2D eigenvalue weighted by Crippen LogP contribution is 2.06. The van der Waals surface area contributed by atoms with Gasteiger partial charge in [-0.2, -0.15) is 0 Å². The van der Waals surface area contributed by atoms with E-state index in [4.69, 9.17) is 18.6 Å². The van der Waals surface area contributed by atoms with E-state index in [1.165, 1.54) is 12.5 Å². The fourth-order valence-electron chi connectivity index (χ4n) is 1.33. The van der Waals surface area contributed by atoms with Crippen LogP contribution in [0.4, 0.5) is 0 Å². The van der Waals surface area contributed by atoms with Crippen molar-refractivity contribution >= 4 is 11.9 Å². The molecule has 0 radical (unpaired) electrons. The van der Waals surface area contributed by atoms with Crippen LogP contribution in [-0.4, -0.2) is 31.7 Å². The van der Waals surface area contributed by atoms with Crippen LogP contribution >= 0.6 is 0 Å². The quantitative estimate of drug-likeness (QED) is 0.773. The molecule has 1 N–H and O–H groups in total. The lowest BCUT2D eigenvalue weighted by molar-refractivity contribution is -0.149. The molecule has 1 aromatic heterocycles. The van der Waals surface area contributed by atoms with Gasteiger partial charge >= 0.3 is 5.97 Å². The molecule has 0 fully saturated rings. The maximum atomic E-state index is 11.4. The lowest BCUT2D eigenvalue weighted by atomic mass is 10.4. The zero-order chi connectivity index (χ0) is 13.5. The van der Waals surface area contributed by atoms with Crippen LogP contribution < -0.4 is 5.32 Å². The Kier molecular flexibility index (Phi) is 4.44. The van der Waals surface area contributed by atoms with E-state index in [1.54, 1.807) is 12.1 Å². The summed E-state index contributed by atoms with van der Waals surface area (Å²) in [6.07, 6.45) is 2.68. The first kappa shape index (κ1) is 13.0. The van der Waals surface area contributed by atoms with Crippen molar-refractivity contribution in [1.82, 2.24) is 5.32 Å². The van der Waals surface area contributed by atoms with Crippen LogP contribution in [0, 0.1) is 0 Å². The van der Waals surface area contributed by atoms with E-state index in [-0.39, 0.29) is 25.5 Å². The van der Waals surface area contributed by atoms with E-state index in [9.17, 15) is 9.59 Å². The molecular formula is C12H13NO6. The Balaban J connectivity index is 1.68. The molecule has 0 aromatic carbocycles. The van der Waals surface area contributed by atoms with Gasteiger partial charge in [0.2, 0.25) is 5.76 Å². The van der Waals surface area contributed by atoms with Gasteiger partial charge in [0.05, 0.1) is 12.8 Å². The molecule has 1 amide bonds. The molecule has 1 aromatic rings. The van der Waals surface area contributed by atoms with Crippen LogP contribution in [0.2, 0.25) is 0 Å². The van der Waals surface area contributed by atoms with Gasteiger partial charge in [-0.25, -0.2) is 4.79 Å². The average Bonchev–Trinajstić information content (AvgIpc) is 2.96. The highest BCUT2D eigenvalue weighted by molar-refractivity contribution is 5.88. The minimum atomic E-state index is -0.729. The van der Waals surface area contributed by atoms with Gasteiger partial charge < -0.3 is 23.9 Å². The summed E-state index contributed by atoms with van der Waals surface area (Å²) in [5, 5.41) is 2.54. The second kappa shape index (κ2) is 6.48. The van der Waals surface area contributed by atoms with Crippen LogP contribution in [-0.2, 0) is 30.3 Å². The molecule has 1 aliphatic rings. The number of hydrogen-bond acceptors (Lipinski definition) is 6. The minimum Gasteiger partial charge on any atom is -0.493 e. The Bertz CT molecular complexity index is 465. The second-order valence-electron chi connectivity index (χ2n) is 3.63. The van der Waals surface area contributed by atoms with Crippen molar-refractivity contribution in [1.29, 1.82) is 0 Å². The van der Waals surface area contributed by atoms with Crippen molar-refractivity contribution in [3.8, 4) is 0 Å². The van der Waals surface area contributed by atoms with Crippen LogP contribution in [0.15, 0.2) is 34.8 Å². The van der Waals surface area contributed by atoms with Crippen LogP contribution in [0.3, 0.4) is 0 Å². The average molecular weight is 267 g/mol. The van der Waals surface area contributed by atoms with E-state index < -0.39 is 11.9 Å². The Morgan fingerprint density at radius 1 is 1.37 bits per heavy atom. The fourth-order valence-corrected chi connectivity index (χ4v) is 1.33. The molecule has 0 aliphatic carbocycles. The van der Waals surface area contributed by atoms with Crippen molar-refractivity contribution in [3.05, 3.63) is 36.2 Å². The minimum absolute atomic E-state index is 0.0370. The molecule has 7 nitrogen and oxygen atoms in total. The maximum absolute atomic E-state index is 11.4. The van der Waals surface area contributed by atoms with E-state index in [1.807, 2.05) is 0 Å². The predicted octanol–water partition coefficient (Wildman–Crippen LogP) is 0.327. The molecule has 0 atom stereocenters. The van der Waals surface area contributed by atoms with Gasteiger partial charge in [0, 0.05) is 0 Å². The first-order valence-corrected chi connectivity index (χ1v) is 5.66. The van der Waals surface area contributed by atoms with Crippen molar-refractivity contribution in [2.24, 2.45) is 0 Å². The summed E-state index contributed by atoms with van der Waals surface area (Å²) >= 11 is 0. The summed E-state index contributed by atoms with van der Waals surface area (Å²) in [5.74, 6) is -0.577. The van der Waals surface area contributed by atoms with Crippen LogP contribution in [0.1, 0.15) is 5.76 Å². The van der Waals surface area contributed by atoms with Gasteiger partial charge in [-0.3, -0.25) is 4.79 Å². The summed E-state index contributed by atoms with van der Waals surface area (Å²) in [5.41, 5.74) is 0. The molecule has 0 bridgehead atoms. The Labute approximate surface area is 109 Å². The molecule has 2 rings (SSSR count). The number of furan rings is 1. The predicted molar refractivity (Wildman–Crippen MR) is 61.5 cm³/mol. The lowest BCUT2D eigenvalue weighted by Gasteiger charge is -2.14. The largest absolute Gasteiger partial charge is 0.493 e. The van der Waals surface area contributed by atoms with Gasteiger partial charge in [0.15, 0.2) is 6.61 Å². The van der Waals surface area contributed by atoms with Gasteiger partial charge in [-0.15, -0.1) is 0 Å². The first-order valence-electron chi connectivity index (χ1n) is 5.66. The number of ether oxygens (including phenoxy) is 3.